The second-order valence-electron chi connectivity index (χ2n) is 10.9. The Morgan fingerprint density at radius 1 is 1.16 bits per heavy atom. The summed E-state index contributed by atoms with van der Waals surface area (Å²) in [4.78, 5) is 43.0. The minimum Gasteiger partial charge on any atom is -0.494 e. The Morgan fingerprint density at radius 2 is 1.92 bits per heavy atom. The molecule has 38 heavy (non-hydrogen) atoms. The Hall–Kier alpha value is -2.91. The number of carbonyl (C=O) groups is 3. The molecule has 206 valence electrons. The number of nitrogens with zero attached hydrogens (tertiary/aromatic N) is 1. The number of rotatable bonds is 10. The number of hydrogen-bond donors (Lipinski definition) is 2. The molecule has 0 unspecified atom stereocenters. The summed E-state index contributed by atoms with van der Waals surface area (Å²) in [5.41, 5.74) is -0.542. The van der Waals surface area contributed by atoms with E-state index in [1.807, 2.05) is 19.1 Å². The summed E-state index contributed by atoms with van der Waals surface area (Å²) in [5.74, 6) is -1.09. The summed E-state index contributed by atoms with van der Waals surface area (Å²) in [6, 6.07) is 6.39. The molecule has 2 saturated heterocycles. The van der Waals surface area contributed by atoms with Crippen molar-refractivity contribution in [2.75, 3.05) is 32.2 Å². The minimum atomic E-state index is -1.16. The van der Waals surface area contributed by atoms with Gasteiger partial charge < -0.3 is 29.7 Å². The molecule has 5 rings (SSSR count). The molecule has 1 saturated carbocycles. The Morgan fingerprint density at radius 3 is 2.63 bits per heavy atom. The highest BCUT2D eigenvalue weighted by molar-refractivity contribution is 6.02. The molecule has 1 spiro atoms. The molecule has 0 radical (unpaired) electrons. The zero-order valence-corrected chi connectivity index (χ0v) is 22.5. The molecule has 7 atom stereocenters. The van der Waals surface area contributed by atoms with Crippen LogP contribution in [0.2, 0.25) is 0 Å². The molecule has 3 heterocycles. The Balaban J connectivity index is 1.39. The standard InChI is InChI=1S/C29H39N3O6/c1-4-37-20-12-10-19(11-13-20)30-26(33)23-22-14-15-29(38-22)24(23)28(35)32(16-7-17-36-3)25(29)27(34)31-21-9-6-5-8-18(21)2/h10-15,18,21-25H,4-9,16-17H2,1-3H3,(H,30,33)(H,31,34)/t18-,21-,22-,23+,24-,25-,29-/m0/s1. The number of likely N-dealkylation sites (tertiary alicyclic amines) is 1. The van der Waals surface area contributed by atoms with E-state index in [9.17, 15) is 14.4 Å². The smallest absolute Gasteiger partial charge is 0.246 e. The lowest BCUT2D eigenvalue weighted by Gasteiger charge is -2.36. The predicted molar refractivity (Wildman–Crippen MR) is 142 cm³/mol. The van der Waals surface area contributed by atoms with Gasteiger partial charge in [-0.3, -0.25) is 14.4 Å². The van der Waals surface area contributed by atoms with Crippen LogP contribution in [-0.2, 0) is 23.9 Å². The van der Waals surface area contributed by atoms with Crippen LogP contribution in [0.1, 0.15) is 46.0 Å². The number of methoxy groups -OCH3 is 1. The molecule has 9 heteroatoms. The number of benzene rings is 1. The average Bonchev–Trinajstić information content (AvgIpc) is 3.54. The highest BCUT2D eigenvalue weighted by atomic mass is 16.5. The molecule has 3 fully saturated rings. The van der Waals surface area contributed by atoms with Crippen LogP contribution in [0.25, 0.3) is 0 Å². The zero-order chi connectivity index (χ0) is 26.9. The van der Waals surface area contributed by atoms with E-state index >= 15 is 0 Å². The Kier molecular flexibility index (Phi) is 7.77. The topological polar surface area (TPSA) is 106 Å². The van der Waals surface area contributed by atoms with Gasteiger partial charge in [0, 0.05) is 32.0 Å². The van der Waals surface area contributed by atoms with Crippen LogP contribution in [0.3, 0.4) is 0 Å². The maximum Gasteiger partial charge on any atom is 0.246 e. The van der Waals surface area contributed by atoms with E-state index in [0.29, 0.717) is 37.8 Å². The van der Waals surface area contributed by atoms with E-state index in [2.05, 4.69) is 17.6 Å². The first-order valence-electron chi connectivity index (χ1n) is 13.9. The number of amides is 3. The zero-order valence-electron chi connectivity index (χ0n) is 22.5. The van der Waals surface area contributed by atoms with Crippen LogP contribution in [0.5, 0.6) is 5.75 Å². The lowest BCUT2D eigenvalue weighted by molar-refractivity contribution is -0.141. The summed E-state index contributed by atoms with van der Waals surface area (Å²) < 4.78 is 17.1. The van der Waals surface area contributed by atoms with Crippen molar-refractivity contribution in [1.82, 2.24) is 10.2 Å². The molecule has 0 aromatic heterocycles. The van der Waals surface area contributed by atoms with Gasteiger partial charge in [0.25, 0.3) is 0 Å². The van der Waals surface area contributed by atoms with E-state index in [1.54, 1.807) is 36.3 Å². The molecule has 3 aliphatic heterocycles. The summed E-state index contributed by atoms with van der Waals surface area (Å²) in [5, 5.41) is 6.20. The van der Waals surface area contributed by atoms with Crippen molar-refractivity contribution in [2.24, 2.45) is 17.8 Å². The van der Waals surface area contributed by atoms with Gasteiger partial charge in [0.15, 0.2) is 0 Å². The molecular weight excluding hydrogens is 486 g/mol. The van der Waals surface area contributed by atoms with Crippen molar-refractivity contribution < 1.29 is 28.6 Å². The maximum atomic E-state index is 13.9. The number of nitrogens with one attached hydrogen (secondary N) is 2. The second-order valence-corrected chi connectivity index (χ2v) is 10.9. The molecule has 1 aromatic carbocycles. The minimum absolute atomic E-state index is 0.0731. The summed E-state index contributed by atoms with van der Waals surface area (Å²) in [6.07, 6.45) is 7.98. The fourth-order valence-electron chi connectivity index (χ4n) is 6.71. The van der Waals surface area contributed by atoms with E-state index in [4.69, 9.17) is 14.2 Å². The third-order valence-electron chi connectivity index (χ3n) is 8.54. The van der Waals surface area contributed by atoms with Gasteiger partial charge in [-0.1, -0.05) is 31.9 Å². The van der Waals surface area contributed by atoms with E-state index in [-0.39, 0.29) is 23.8 Å². The molecule has 4 aliphatic rings. The first-order valence-corrected chi connectivity index (χ1v) is 13.9. The van der Waals surface area contributed by atoms with Crippen molar-refractivity contribution in [1.29, 1.82) is 0 Å². The molecule has 1 aliphatic carbocycles. The fraction of sp³-hybridized carbons (Fsp3) is 0.621. The van der Waals surface area contributed by atoms with Gasteiger partial charge in [-0.2, -0.15) is 0 Å². The first-order chi connectivity index (χ1) is 18.4. The summed E-state index contributed by atoms with van der Waals surface area (Å²) >= 11 is 0. The third-order valence-corrected chi connectivity index (χ3v) is 8.54. The number of ether oxygens (including phenoxy) is 3. The lowest BCUT2D eigenvalue weighted by Crippen LogP contribution is -2.57. The fourth-order valence-corrected chi connectivity index (χ4v) is 6.71. The van der Waals surface area contributed by atoms with Gasteiger partial charge in [0.2, 0.25) is 17.7 Å². The van der Waals surface area contributed by atoms with Crippen LogP contribution in [0.4, 0.5) is 5.69 Å². The van der Waals surface area contributed by atoms with E-state index in [0.717, 1.165) is 25.0 Å². The maximum absolute atomic E-state index is 13.9. The van der Waals surface area contributed by atoms with Crippen molar-refractivity contribution >= 4 is 23.4 Å². The largest absolute Gasteiger partial charge is 0.494 e. The highest BCUT2D eigenvalue weighted by Crippen LogP contribution is 2.55. The SMILES string of the molecule is CCOc1ccc(NC(=O)[C@@H]2[C@@H]3C=C[C@]4(O3)[C@@H]2C(=O)N(CCCOC)[C@H]4C(=O)N[C@H]2CCCC[C@@H]2C)cc1. The predicted octanol–water partition coefficient (Wildman–Crippen LogP) is 2.91. The first kappa shape index (κ1) is 26.7. The van der Waals surface area contributed by atoms with Crippen LogP contribution >= 0.6 is 0 Å². The van der Waals surface area contributed by atoms with Crippen LogP contribution in [-0.4, -0.2) is 73.3 Å². The van der Waals surface area contributed by atoms with Crippen molar-refractivity contribution in [3.63, 3.8) is 0 Å². The van der Waals surface area contributed by atoms with Gasteiger partial charge in [-0.05, 0) is 56.4 Å². The van der Waals surface area contributed by atoms with Gasteiger partial charge in [0.05, 0.1) is 24.5 Å². The quantitative estimate of drug-likeness (QED) is 0.360. The number of fused-ring (bicyclic) bond motifs is 1. The normalized spacial score (nSPS) is 33.3. The van der Waals surface area contributed by atoms with Crippen LogP contribution in [0, 0.1) is 17.8 Å². The summed E-state index contributed by atoms with van der Waals surface area (Å²) in [6.45, 7) is 5.46. The molecule has 9 nitrogen and oxygen atoms in total. The van der Waals surface area contributed by atoms with E-state index in [1.165, 1.54) is 6.42 Å². The molecule has 3 amide bonds. The average molecular weight is 526 g/mol. The van der Waals surface area contributed by atoms with Gasteiger partial charge >= 0.3 is 0 Å². The van der Waals surface area contributed by atoms with E-state index < -0.39 is 29.6 Å². The Labute approximate surface area is 224 Å². The number of carbonyl (C=O) groups excluding carboxylic acids is 3. The van der Waals surface area contributed by atoms with Gasteiger partial charge in [-0.15, -0.1) is 0 Å². The van der Waals surface area contributed by atoms with Gasteiger partial charge in [-0.25, -0.2) is 0 Å². The molecule has 1 aromatic rings. The van der Waals surface area contributed by atoms with Crippen LogP contribution in [0.15, 0.2) is 36.4 Å². The Bertz CT molecular complexity index is 1070. The number of anilines is 1. The lowest BCUT2D eigenvalue weighted by atomic mass is 9.74. The van der Waals surface area contributed by atoms with Crippen molar-refractivity contribution in [3.8, 4) is 5.75 Å². The van der Waals surface area contributed by atoms with Crippen molar-refractivity contribution in [3.05, 3.63) is 36.4 Å². The van der Waals surface area contributed by atoms with Crippen molar-refractivity contribution in [2.45, 2.75) is 69.7 Å². The van der Waals surface area contributed by atoms with Gasteiger partial charge in [0.1, 0.15) is 17.4 Å². The second kappa shape index (κ2) is 11.1. The number of hydrogen-bond acceptors (Lipinski definition) is 6. The van der Waals surface area contributed by atoms with Crippen LogP contribution < -0.4 is 15.4 Å². The molecular formula is C29H39N3O6. The highest BCUT2D eigenvalue weighted by Gasteiger charge is 2.72. The summed E-state index contributed by atoms with van der Waals surface area (Å²) in [7, 11) is 1.61. The monoisotopic (exact) mass is 525 g/mol. The molecule has 2 bridgehead atoms. The molecule has 2 N–H and O–H groups in total. The third kappa shape index (κ3) is 4.71.